The number of nitrogens with zero attached hydrogens (tertiary/aromatic N) is 3. The van der Waals surface area contributed by atoms with E-state index in [2.05, 4.69) is 29.5 Å². The lowest BCUT2D eigenvalue weighted by Gasteiger charge is -2.13. The molecule has 0 bridgehead atoms. The summed E-state index contributed by atoms with van der Waals surface area (Å²) in [5.41, 5.74) is 6.59. The molecule has 1 aromatic rings. The average Bonchev–Trinajstić information content (AvgIpc) is 2.83. The van der Waals surface area contributed by atoms with E-state index in [0.29, 0.717) is 12.5 Å². The molecular formula is C12H23N5O. The van der Waals surface area contributed by atoms with Crippen LogP contribution in [0.3, 0.4) is 0 Å². The van der Waals surface area contributed by atoms with Gasteiger partial charge >= 0.3 is 0 Å². The molecule has 1 heterocycles. The summed E-state index contributed by atoms with van der Waals surface area (Å²) in [5.74, 6) is 0.381. The third kappa shape index (κ3) is 3.80. The molecule has 1 amide bonds. The van der Waals surface area contributed by atoms with Gasteiger partial charge in [0.15, 0.2) is 0 Å². The summed E-state index contributed by atoms with van der Waals surface area (Å²) in [7, 11) is 0. The van der Waals surface area contributed by atoms with Gasteiger partial charge in [-0.15, -0.1) is 5.10 Å². The molecule has 0 fully saturated rings. The zero-order valence-electron chi connectivity index (χ0n) is 11.6. The molecule has 3 N–H and O–H groups in total. The predicted molar refractivity (Wildman–Crippen MR) is 69.8 cm³/mol. The van der Waals surface area contributed by atoms with Crippen LogP contribution in [0.2, 0.25) is 0 Å². The van der Waals surface area contributed by atoms with Crippen LogP contribution in [0.5, 0.6) is 0 Å². The maximum absolute atomic E-state index is 11.9. The molecule has 0 aliphatic rings. The third-order valence-corrected chi connectivity index (χ3v) is 2.81. The molecule has 6 heteroatoms. The summed E-state index contributed by atoms with van der Waals surface area (Å²) in [4.78, 5) is 11.9. The Morgan fingerprint density at radius 3 is 2.72 bits per heavy atom. The molecule has 0 aliphatic carbocycles. The van der Waals surface area contributed by atoms with Crippen molar-refractivity contribution in [3.8, 4) is 0 Å². The highest BCUT2D eigenvalue weighted by molar-refractivity contribution is 5.79. The Bertz CT molecular complexity index is 388. The van der Waals surface area contributed by atoms with Crippen molar-refractivity contribution < 1.29 is 4.79 Å². The van der Waals surface area contributed by atoms with Crippen molar-refractivity contribution >= 4 is 5.91 Å². The van der Waals surface area contributed by atoms with Crippen molar-refractivity contribution in [1.29, 1.82) is 0 Å². The van der Waals surface area contributed by atoms with E-state index in [1.54, 1.807) is 17.8 Å². The molecular weight excluding hydrogens is 230 g/mol. The van der Waals surface area contributed by atoms with Gasteiger partial charge < -0.3 is 11.1 Å². The highest BCUT2D eigenvalue weighted by atomic mass is 16.2. The summed E-state index contributed by atoms with van der Waals surface area (Å²) in [6, 6.07) is -0.487. The quantitative estimate of drug-likeness (QED) is 0.792. The number of hydrogen-bond acceptors (Lipinski definition) is 4. The summed E-state index contributed by atoms with van der Waals surface area (Å²) >= 11 is 0. The topological polar surface area (TPSA) is 85.8 Å². The van der Waals surface area contributed by atoms with Crippen LogP contribution < -0.4 is 11.1 Å². The molecule has 1 rings (SSSR count). The molecule has 0 saturated carbocycles. The maximum atomic E-state index is 11.9. The zero-order chi connectivity index (χ0) is 13.7. The van der Waals surface area contributed by atoms with E-state index in [-0.39, 0.29) is 18.0 Å². The first-order valence-electron chi connectivity index (χ1n) is 6.40. The highest BCUT2D eigenvalue weighted by Crippen LogP contribution is 2.12. The minimum atomic E-state index is -0.367. The normalized spacial score (nSPS) is 14.6. The first-order valence-corrected chi connectivity index (χ1v) is 6.40. The number of amides is 1. The minimum absolute atomic E-state index is 0.0507. The maximum Gasteiger partial charge on any atom is 0.244 e. The van der Waals surface area contributed by atoms with E-state index < -0.39 is 0 Å². The lowest BCUT2D eigenvalue weighted by molar-refractivity contribution is -0.124. The minimum Gasteiger partial charge on any atom is -0.354 e. The third-order valence-electron chi connectivity index (χ3n) is 2.81. The van der Waals surface area contributed by atoms with Crippen LogP contribution in [0, 0.1) is 5.92 Å². The molecule has 2 atom stereocenters. The van der Waals surface area contributed by atoms with Crippen molar-refractivity contribution in [2.45, 2.75) is 46.2 Å². The zero-order valence-corrected chi connectivity index (χ0v) is 11.6. The van der Waals surface area contributed by atoms with Gasteiger partial charge in [0.25, 0.3) is 0 Å². The number of rotatable bonds is 6. The standard InChI is InChI=1S/C12H23N5O/c1-5-10(13)11-7-17(16-15-11)9(4)12(18)14-6-8(2)3/h7-10H,5-6,13H2,1-4H3,(H,14,18). The molecule has 0 aliphatic heterocycles. The van der Waals surface area contributed by atoms with E-state index >= 15 is 0 Å². The molecule has 1 aromatic heterocycles. The smallest absolute Gasteiger partial charge is 0.244 e. The van der Waals surface area contributed by atoms with Gasteiger partial charge in [0, 0.05) is 6.54 Å². The predicted octanol–water partition coefficient (Wildman–Crippen LogP) is 1.02. The Hall–Kier alpha value is -1.43. The van der Waals surface area contributed by atoms with Gasteiger partial charge in [-0.05, 0) is 19.3 Å². The number of carbonyl (C=O) groups is 1. The van der Waals surface area contributed by atoms with Crippen LogP contribution in [0.1, 0.15) is 51.9 Å². The van der Waals surface area contributed by atoms with Crippen molar-refractivity contribution in [3.05, 3.63) is 11.9 Å². The molecule has 6 nitrogen and oxygen atoms in total. The van der Waals surface area contributed by atoms with Gasteiger partial charge in [0.1, 0.15) is 6.04 Å². The Kier molecular flexibility index (Phi) is 5.27. The van der Waals surface area contributed by atoms with Crippen molar-refractivity contribution in [2.24, 2.45) is 11.7 Å². The van der Waals surface area contributed by atoms with Gasteiger partial charge in [0.2, 0.25) is 5.91 Å². The SMILES string of the molecule is CCC(N)c1cn(C(C)C(=O)NCC(C)C)nn1. The van der Waals surface area contributed by atoms with Gasteiger partial charge in [-0.3, -0.25) is 4.79 Å². The van der Waals surface area contributed by atoms with Gasteiger partial charge in [-0.1, -0.05) is 26.0 Å². The molecule has 0 radical (unpaired) electrons. The van der Waals surface area contributed by atoms with Crippen LogP contribution in [-0.2, 0) is 4.79 Å². The second-order valence-electron chi connectivity index (χ2n) is 4.95. The first kappa shape index (κ1) is 14.6. The van der Waals surface area contributed by atoms with Gasteiger partial charge in [0.05, 0.1) is 17.9 Å². The summed E-state index contributed by atoms with van der Waals surface area (Å²) in [5, 5.41) is 10.8. The highest BCUT2D eigenvalue weighted by Gasteiger charge is 2.18. The van der Waals surface area contributed by atoms with E-state index in [1.165, 1.54) is 0 Å². The lowest BCUT2D eigenvalue weighted by Crippen LogP contribution is -2.33. The molecule has 0 saturated heterocycles. The van der Waals surface area contributed by atoms with Crippen LogP contribution in [0.25, 0.3) is 0 Å². The van der Waals surface area contributed by atoms with Crippen LogP contribution >= 0.6 is 0 Å². The van der Waals surface area contributed by atoms with Crippen LogP contribution in [0.15, 0.2) is 6.20 Å². The molecule has 102 valence electrons. The Morgan fingerprint density at radius 1 is 1.50 bits per heavy atom. The second-order valence-corrected chi connectivity index (χ2v) is 4.95. The summed E-state index contributed by atoms with van der Waals surface area (Å²) in [6.45, 7) is 8.56. The fourth-order valence-corrected chi connectivity index (χ4v) is 1.43. The average molecular weight is 253 g/mol. The Morgan fingerprint density at radius 2 is 2.17 bits per heavy atom. The van der Waals surface area contributed by atoms with E-state index in [0.717, 1.165) is 12.1 Å². The Balaban J connectivity index is 2.63. The van der Waals surface area contributed by atoms with Crippen molar-refractivity contribution in [3.63, 3.8) is 0 Å². The number of nitrogens with two attached hydrogens (primary N) is 1. The van der Waals surface area contributed by atoms with E-state index in [4.69, 9.17) is 5.73 Å². The largest absolute Gasteiger partial charge is 0.354 e. The van der Waals surface area contributed by atoms with Gasteiger partial charge in [-0.25, -0.2) is 4.68 Å². The lowest BCUT2D eigenvalue weighted by atomic mass is 10.2. The summed E-state index contributed by atoms with van der Waals surface area (Å²) in [6.07, 6.45) is 2.54. The van der Waals surface area contributed by atoms with E-state index in [1.807, 2.05) is 6.92 Å². The number of carbonyl (C=O) groups excluding carboxylic acids is 1. The number of nitrogens with one attached hydrogen (secondary N) is 1. The van der Waals surface area contributed by atoms with Crippen LogP contribution in [-0.4, -0.2) is 27.4 Å². The van der Waals surface area contributed by atoms with Gasteiger partial charge in [-0.2, -0.15) is 0 Å². The summed E-state index contributed by atoms with van der Waals surface area (Å²) < 4.78 is 1.56. The molecule has 0 aromatic carbocycles. The second kappa shape index (κ2) is 6.49. The Labute approximate surface area is 108 Å². The van der Waals surface area contributed by atoms with E-state index in [9.17, 15) is 4.79 Å². The number of aromatic nitrogens is 3. The van der Waals surface area contributed by atoms with Crippen molar-refractivity contribution in [2.75, 3.05) is 6.54 Å². The molecule has 18 heavy (non-hydrogen) atoms. The van der Waals surface area contributed by atoms with Crippen LogP contribution in [0.4, 0.5) is 0 Å². The fraction of sp³-hybridized carbons (Fsp3) is 0.750. The number of hydrogen-bond donors (Lipinski definition) is 2. The first-order chi connectivity index (χ1) is 8.45. The monoisotopic (exact) mass is 253 g/mol. The van der Waals surface area contributed by atoms with Crippen molar-refractivity contribution in [1.82, 2.24) is 20.3 Å². The molecule has 0 spiro atoms. The molecule has 2 unspecified atom stereocenters. The fourth-order valence-electron chi connectivity index (χ4n) is 1.43.